The Morgan fingerprint density at radius 2 is 1.69 bits per heavy atom. The second-order valence-electron chi connectivity index (χ2n) is 4.43. The standard InChI is InChI=1S/C15H25N/c1-4-10-14(5-2)16-15(6-3)13-11-8-7-9-12-13/h7-9,11-12,14-16H,4-6,10H2,1-3H3. The van der Waals surface area contributed by atoms with Gasteiger partial charge in [-0.1, -0.05) is 57.5 Å². The molecule has 1 heteroatoms. The molecule has 1 aromatic carbocycles. The van der Waals surface area contributed by atoms with Crippen LogP contribution >= 0.6 is 0 Å². The second-order valence-corrected chi connectivity index (χ2v) is 4.43. The molecule has 16 heavy (non-hydrogen) atoms. The maximum atomic E-state index is 3.77. The van der Waals surface area contributed by atoms with Crippen molar-refractivity contribution in [2.24, 2.45) is 0 Å². The summed E-state index contributed by atoms with van der Waals surface area (Å²) >= 11 is 0. The molecule has 0 aliphatic heterocycles. The molecule has 0 aliphatic rings. The van der Waals surface area contributed by atoms with Gasteiger partial charge in [-0.2, -0.15) is 0 Å². The maximum absolute atomic E-state index is 3.77. The van der Waals surface area contributed by atoms with E-state index in [-0.39, 0.29) is 0 Å². The van der Waals surface area contributed by atoms with Gasteiger partial charge in [-0.05, 0) is 24.8 Å². The van der Waals surface area contributed by atoms with Crippen LogP contribution in [0.3, 0.4) is 0 Å². The van der Waals surface area contributed by atoms with Crippen LogP contribution in [0.5, 0.6) is 0 Å². The molecule has 2 atom stereocenters. The highest BCUT2D eigenvalue weighted by Crippen LogP contribution is 2.18. The van der Waals surface area contributed by atoms with E-state index in [1.54, 1.807) is 0 Å². The summed E-state index contributed by atoms with van der Waals surface area (Å²) in [6.45, 7) is 6.78. The Bertz CT molecular complexity index is 268. The highest BCUT2D eigenvalue weighted by Gasteiger charge is 2.13. The topological polar surface area (TPSA) is 12.0 Å². The Balaban J connectivity index is 2.61. The maximum Gasteiger partial charge on any atom is 0.0320 e. The van der Waals surface area contributed by atoms with Gasteiger partial charge in [0.05, 0.1) is 0 Å². The van der Waals surface area contributed by atoms with Gasteiger partial charge >= 0.3 is 0 Å². The number of hydrogen-bond donors (Lipinski definition) is 1. The highest BCUT2D eigenvalue weighted by molar-refractivity contribution is 5.18. The van der Waals surface area contributed by atoms with Gasteiger partial charge in [0.25, 0.3) is 0 Å². The van der Waals surface area contributed by atoms with Gasteiger partial charge in [0.1, 0.15) is 0 Å². The van der Waals surface area contributed by atoms with Crippen molar-refractivity contribution in [3.8, 4) is 0 Å². The molecule has 0 aromatic heterocycles. The molecule has 0 fully saturated rings. The zero-order chi connectivity index (χ0) is 11.8. The Kier molecular flexibility index (Phi) is 6.17. The van der Waals surface area contributed by atoms with Gasteiger partial charge in [-0.3, -0.25) is 0 Å². The zero-order valence-electron chi connectivity index (χ0n) is 10.9. The quantitative estimate of drug-likeness (QED) is 0.720. The van der Waals surface area contributed by atoms with Crippen LogP contribution in [0.25, 0.3) is 0 Å². The van der Waals surface area contributed by atoms with Crippen molar-refractivity contribution in [1.29, 1.82) is 0 Å². The van der Waals surface area contributed by atoms with Crippen LogP contribution < -0.4 is 5.32 Å². The summed E-state index contributed by atoms with van der Waals surface area (Å²) in [4.78, 5) is 0. The van der Waals surface area contributed by atoms with Crippen molar-refractivity contribution >= 4 is 0 Å². The van der Waals surface area contributed by atoms with Crippen LogP contribution in [0.2, 0.25) is 0 Å². The van der Waals surface area contributed by atoms with E-state index in [1.165, 1.54) is 24.8 Å². The molecule has 1 rings (SSSR count). The van der Waals surface area contributed by atoms with Crippen LogP contribution in [0.4, 0.5) is 0 Å². The number of rotatable bonds is 7. The Morgan fingerprint density at radius 3 is 2.19 bits per heavy atom. The molecule has 0 saturated carbocycles. The predicted octanol–water partition coefficient (Wildman–Crippen LogP) is 4.31. The third-order valence-electron chi connectivity index (χ3n) is 3.18. The van der Waals surface area contributed by atoms with Crippen molar-refractivity contribution < 1.29 is 0 Å². The van der Waals surface area contributed by atoms with E-state index in [9.17, 15) is 0 Å². The van der Waals surface area contributed by atoms with Crippen LogP contribution in [-0.4, -0.2) is 6.04 Å². The van der Waals surface area contributed by atoms with Crippen LogP contribution in [0, 0.1) is 0 Å². The molecule has 1 aromatic rings. The lowest BCUT2D eigenvalue weighted by atomic mass is 10.0. The summed E-state index contributed by atoms with van der Waals surface area (Å²) in [5.41, 5.74) is 1.42. The average molecular weight is 219 g/mol. The van der Waals surface area contributed by atoms with Gasteiger partial charge in [-0.15, -0.1) is 0 Å². The number of hydrogen-bond acceptors (Lipinski definition) is 1. The minimum Gasteiger partial charge on any atom is -0.307 e. The summed E-state index contributed by atoms with van der Waals surface area (Å²) in [6.07, 6.45) is 4.91. The van der Waals surface area contributed by atoms with Crippen molar-refractivity contribution in [1.82, 2.24) is 5.32 Å². The van der Waals surface area contributed by atoms with Gasteiger partial charge in [0.2, 0.25) is 0 Å². The molecule has 0 aliphatic carbocycles. The normalized spacial score (nSPS) is 14.7. The predicted molar refractivity (Wildman–Crippen MR) is 71.6 cm³/mol. The summed E-state index contributed by atoms with van der Waals surface area (Å²) < 4.78 is 0. The average Bonchev–Trinajstić information content (AvgIpc) is 2.35. The van der Waals surface area contributed by atoms with E-state index < -0.39 is 0 Å². The second kappa shape index (κ2) is 7.45. The van der Waals surface area contributed by atoms with E-state index in [1.807, 2.05) is 0 Å². The lowest BCUT2D eigenvalue weighted by molar-refractivity contribution is 0.394. The molecule has 0 amide bonds. The third kappa shape index (κ3) is 3.97. The SMILES string of the molecule is CCCC(CC)NC(CC)c1ccccc1. The Labute approximate surface area is 100 Å². The molecule has 0 saturated heterocycles. The Hall–Kier alpha value is -0.820. The van der Waals surface area contributed by atoms with Gasteiger partial charge in [0.15, 0.2) is 0 Å². The first kappa shape index (κ1) is 13.2. The monoisotopic (exact) mass is 219 g/mol. The first-order chi connectivity index (χ1) is 7.81. The van der Waals surface area contributed by atoms with Crippen molar-refractivity contribution in [3.05, 3.63) is 35.9 Å². The molecule has 0 spiro atoms. The number of benzene rings is 1. The van der Waals surface area contributed by atoms with Gasteiger partial charge in [-0.25, -0.2) is 0 Å². The highest BCUT2D eigenvalue weighted by atomic mass is 14.9. The molecular weight excluding hydrogens is 194 g/mol. The lowest BCUT2D eigenvalue weighted by Gasteiger charge is -2.24. The van der Waals surface area contributed by atoms with Crippen LogP contribution in [-0.2, 0) is 0 Å². The molecule has 0 radical (unpaired) electrons. The van der Waals surface area contributed by atoms with Gasteiger partial charge < -0.3 is 5.32 Å². The van der Waals surface area contributed by atoms with Crippen molar-refractivity contribution in [2.45, 2.75) is 58.5 Å². The zero-order valence-corrected chi connectivity index (χ0v) is 10.9. The van der Waals surface area contributed by atoms with Crippen molar-refractivity contribution in [2.75, 3.05) is 0 Å². The van der Waals surface area contributed by atoms with E-state index in [4.69, 9.17) is 0 Å². The minimum absolute atomic E-state index is 0.512. The summed E-state index contributed by atoms with van der Waals surface area (Å²) in [5, 5.41) is 3.77. The molecule has 2 unspecified atom stereocenters. The smallest absolute Gasteiger partial charge is 0.0320 e. The van der Waals surface area contributed by atoms with E-state index in [0.29, 0.717) is 12.1 Å². The molecular formula is C15H25N. The molecule has 0 bridgehead atoms. The van der Waals surface area contributed by atoms with Gasteiger partial charge in [0, 0.05) is 12.1 Å². The fourth-order valence-corrected chi connectivity index (χ4v) is 2.17. The molecule has 1 N–H and O–H groups in total. The molecule has 1 nitrogen and oxygen atoms in total. The first-order valence-corrected chi connectivity index (χ1v) is 6.62. The van der Waals surface area contributed by atoms with Crippen molar-refractivity contribution in [3.63, 3.8) is 0 Å². The summed E-state index contributed by atoms with van der Waals surface area (Å²) in [6, 6.07) is 12.0. The summed E-state index contributed by atoms with van der Waals surface area (Å²) in [5.74, 6) is 0. The van der Waals surface area contributed by atoms with Crippen LogP contribution in [0.1, 0.15) is 58.1 Å². The Morgan fingerprint density at radius 1 is 1.00 bits per heavy atom. The molecule has 0 heterocycles. The number of nitrogens with one attached hydrogen (secondary N) is 1. The first-order valence-electron chi connectivity index (χ1n) is 6.62. The molecule has 90 valence electrons. The minimum atomic E-state index is 0.512. The summed E-state index contributed by atoms with van der Waals surface area (Å²) in [7, 11) is 0. The van der Waals surface area contributed by atoms with E-state index in [0.717, 1.165) is 6.42 Å². The largest absolute Gasteiger partial charge is 0.307 e. The van der Waals surface area contributed by atoms with Crippen LogP contribution in [0.15, 0.2) is 30.3 Å². The fourth-order valence-electron chi connectivity index (χ4n) is 2.17. The van der Waals surface area contributed by atoms with E-state index >= 15 is 0 Å². The fraction of sp³-hybridized carbons (Fsp3) is 0.600. The third-order valence-corrected chi connectivity index (χ3v) is 3.18. The lowest BCUT2D eigenvalue weighted by Crippen LogP contribution is -2.32. The van der Waals surface area contributed by atoms with E-state index in [2.05, 4.69) is 56.4 Å².